The van der Waals surface area contributed by atoms with Gasteiger partial charge in [0.2, 0.25) is 5.95 Å². The molecule has 2 saturated heterocycles. The van der Waals surface area contributed by atoms with Crippen molar-refractivity contribution in [3.63, 3.8) is 0 Å². The third-order valence-electron chi connectivity index (χ3n) is 8.44. The van der Waals surface area contributed by atoms with Crippen LogP contribution in [0.4, 0.5) is 11.8 Å². The number of halogens is 1. The molecule has 186 valence electrons. The summed E-state index contributed by atoms with van der Waals surface area (Å²) >= 11 is 6.74. The number of aromatic nitrogens is 3. The Bertz CT molecular complexity index is 1250. The first-order chi connectivity index (χ1) is 16.9. The topological polar surface area (TPSA) is 111 Å². The molecule has 3 aliphatic heterocycles. The molecule has 6 rings (SSSR count). The van der Waals surface area contributed by atoms with Crippen LogP contribution in [0.25, 0.3) is 0 Å². The van der Waals surface area contributed by atoms with Crippen LogP contribution in [-0.2, 0) is 18.3 Å². The molecule has 0 amide bonds. The van der Waals surface area contributed by atoms with Gasteiger partial charge in [0.05, 0.1) is 41.2 Å². The van der Waals surface area contributed by atoms with Crippen LogP contribution in [0.15, 0.2) is 22.1 Å². The van der Waals surface area contributed by atoms with E-state index < -0.39 is 0 Å². The van der Waals surface area contributed by atoms with E-state index in [1.165, 1.54) is 6.42 Å². The lowest BCUT2D eigenvalue weighted by Crippen LogP contribution is -2.51. The van der Waals surface area contributed by atoms with Gasteiger partial charge in [-0.3, -0.25) is 14.4 Å². The fourth-order valence-electron chi connectivity index (χ4n) is 5.82. The molecular formula is C25H32ClN7O2. The lowest BCUT2D eigenvalue weighted by atomic mass is 9.73. The Morgan fingerprint density at radius 3 is 2.71 bits per heavy atom. The molecule has 1 saturated carbocycles. The number of piperidine rings is 1. The second-order valence-electron chi connectivity index (χ2n) is 10.4. The number of hydrogen-bond donors (Lipinski definition) is 2. The Morgan fingerprint density at radius 2 is 2.06 bits per heavy atom. The van der Waals surface area contributed by atoms with Crippen molar-refractivity contribution in [2.24, 2.45) is 23.2 Å². The van der Waals surface area contributed by atoms with Crippen molar-refractivity contribution >= 4 is 29.1 Å². The summed E-state index contributed by atoms with van der Waals surface area (Å²) in [5, 5.41) is 3.92. The van der Waals surface area contributed by atoms with Crippen molar-refractivity contribution in [2.45, 2.75) is 63.8 Å². The Hall–Kier alpha value is -2.49. The van der Waals surface area contributed by atoms with Gasteiger partial charge in [0.25, 0.3) is 5.56 Å². The molecule has 1 aliphatic carbocycles. The summed E-state index contributed by atoms with van der Waals surface area (Å²) in [5.74, 6) is 1.34. The molecular weight excluding hydrogens is 466 g/mol. The smallest absolute Gasteiger partial charge is 0.264 e. The predicted molar refractivity (Wildman–Crippen MR) is 137 cm³/mol. The molecule has 2 aromatic heterocycles. The summed E-state index contributed by atoms with van der Waals surface area (Å²) in [6.07, 6.45) is 7.12. The standard InChI is InChI=1S/C25H32ClN7O2/c1-14-21(27)25(13-35-14)7-10-33(11-8-25)24-31-17-12-29-20(18(17)23(34)32(24)2)16-6-9-28-22(19(16)26)30-15-4-3-5-15/h6,9,14-15,21H,3-5,7-8,10-13,27H2,1-2H3,(H,28,30)/t14-,21+/m0/s1. The zero-order valence-electron chi connectivity index (χ0n) is 20.3. The van der Waals surface area contributed by atoms with Gasteiger partial charge in [-0.2, -0.15) is 0 Å². The highest BCUT2D eigenvalue weighted by Crippen LogP contribution is 2.42. The van der Waals surface area contributed by atoms with Crippen LogP contribution in [0, 0.1) is 5.41 Å². The third kappa shape index (κ3) is 3.67. The number of nitrogens with one attached hydrogen (secondary N) is 1. The number of rotatable bonds is 4. The van der Waals surface area contributed by atoms with E-state index in [9.17, 15) is 4.79 Å². The van der Waals surface area contributed by atoms with Crippen molar-refractivity contribution in [3.8, 4) is 0 Å². The highest BCUT2D eigenvalue weighted by molar-refractivity contribution is 6.37. The SMILES string of the molecule is C[C@@H]1OCC2(CCN(c3nc4c(c(=O)n3C)C(c3ccnc(NC5CCC5)c3Cl)=NC4)CC2)[C@@H]1N. The fourth-order valence-corrected chi connectivity index (χ4v) is 6.08. The van der Waals surface area contributed by atoms with Gasteiger partial charge in [-0.15, -0.1) is 0 Å². The predicted octanol–water partition coefficient (Wildman–Crippen LogP) is 2.48. The van der Waals surface area contributed by atoms with E-state index in [2.05, 4.69) is 22.1 Å². The van der Waals surface area contributed by atoms with E-state index in [1.54, 1.807) is 17.8 Å². The maximum absolute atomic E-state index is 13.6. The Kier molecular flexibility index (Phi) is 5.62. The van der Waals surface area contributed by atoms with Crippen molar-refractivity contribution in [3.05, 3.63) is 44.5 Å². The minimum absolute atomic E-state index is 0.0190. The summed E-state index contributed by atoms with van der Waals surface area (Å²) < 4.78 is 7.50. The summed E-state index contributed by atoms with van der Waals surface area (Å²) in [6, 6.07) is 2.28. The van der Waals surface area contributed by atoms with Gasteiger partial charge >= 0.3 is 0 Å². The quantitative estimate of drug-likeness (QED) is 0.667. The molecule has 3 N–H and O–H groups in total. The Labute approximate surface area is 209 Å². The van der Waals surface area contributed by atoms with Crippen LogP contribution in [0.1, 0.15) is 55.8 Å². The number of nitrogens with two attached hydrogens (primary N) is 1. The highest BCUT2D eigenvalue weighted by atomic mass is 35.5. The third-order valence-corrected chi connectivity index (χ3v) is 8.83. The van der Waals surface area contributed by atoms with Crippen LogP contribution in [0.3, 0.4) is 0 Å². The number of nitrogens with zero attached hydrogens (tertiary/aromatic N) is 5. The zero-order valence-corrected chi connectivity index (χ0v) is 21.0. The molecule has 0 unspecified atom stereocenters. The molecule has 2 atom stereocenters. The highest BCUT2D eigenvalue weighted by Gasteiger charge is 2.48. The summed E-state index contributed by atoms with van der Waals surface area (Å²) in [7, 11) is 1.79. The van der Waals surface area contributed by atoms with Gasteiger partial charge in [0.1, 0.15) is 5.82 Å². The maximum Gasteiger partial charge on any atom is 0.264 e. The molecule has 4 aliphatic rings. The van der Waals surface area contributed by atoms with Gasteiger partial charge in [-0.25, -0.2) is 9.97 Å². The number of ether oxygens (including phenoxy) is 1. The minimum atomic E-state index is -0.0996. The van der Waals surface area contributed by atoms with Gasteiger partial charge in [-0.1, -0.05) is 11.6 Å². The molecule has 5 heterocycles. The molecule has 35 heavy (non-hydrogen) atoms. The average Bonchev–Trinajstić information content (AvgIpc) is 3.37. The Morgan fingerprint density at radius 1 is 1.29 bits per heavy atom. The van der Waals surface area contributed by atoms with Crippen LogP contribution in [0.2, 0.25) is 5.02 Å². The number of aliphatic imine (C=N–C) groups is 1. The van der Waals surface area contributed by atoms with Crippen LogP contribution in [-0.4, -0.2) is 58.1 Å². The number of fused-ring (bicyclic) bond motifs is 1. The minimum Gasteiger partial charge on any atom is -0.376 e. The zero-order chi connectivity index (χ0) is 24.3. The molecule has 10 heteroatoms. The first-order valence-corrected chi connectivity index (χ1v) is 12.9. The second-order valence-corrected chi connectivity index (χ2v) is 10.8. The Balaban J connectivity index is 1.27. The van der Waals surface area contributed by atoms with Crippen LogP contribution < -0.4 is 21.5 Å². The normalized spacial score (nSPS) is 25.5. The van der Waals surface area contributed by atoms with Gasteiger partial charge < -0.3 is 20.7 Å². The van der Waals surface area contributed by atoms with Crippen LogP contribution >= 0.6 is 11.6 Å². The number of pyridine rings is 1. The second kappa shape index (κ2) is 8.57. The van der Waals surface area contributed by atoms with Gasteiger partial charge in [0.15, 0.2) is 0 Å². The molecule has 0 aromatic carbocycles. The summed E-state index contributed by atoms with van der Waals surface area (Å²) in [5.41, 5.74) is 8.96. The van der Waals surface area contributed by atoms with Crippen molar-refractivity contribution in [2.75, 3.05) is 29.9 Å². The fraction of sp³-hybridized carbons (Fsp3) is 0.600. The van der Waals surface area contributed by atoms with E-state index >= 15 is 0 Å². The van der Waals surface area contributed by atoms with Crippen molar-refractivity contribution in [1.29, 1.82) is 0 Å². The van der Waals surface area contributed by atoms with E-state index in [0.717, 1.165) is 44.3 Å². The molecule has 2 aromatic rings. The molecule has 9 nitrogen and oxygen atoms in total. The first-order valence-electron chi connectivity index (χ1n) is 12.6. The lowest BCUT2D eigenvalue weighted by molar-refractivity contribution is 0.0973. The van der Waals surface area contributed by atoms with Crippen LogP contribution in [0.5, 0.6) is 0 Å². The van der Waals surface area contributed by atoms with Crippen molar-refractivity contribution < 1.29 is 4.74 Å². The van der Waals surface area contributed by atoms with Gasteiger partial charge in [0, 0.05) is 49.4 Å². The summed E-state index contributed by atoms with van der Waals surface area (Å²) in [4.78, 5) is 29.8. The van der Waals surface area contributed by atoms with E-state index in [0.29, 0.717) is 53.0 Å². The maximum atomic E-state index is 13.6. The average molecular weight is 498 g/mol. The van der Waals surface area contributed by atoms with E-state index in [4.69, 9.17) is 32.0 Å². The van der Waals surface area contributed by atoms with Gasteiger partial charge in [-0.05, 0) is 45.1 Å². The lowest BCUT2D eigenvalue weighted by Gasteiger charge is -2.41. The monoisotopic (exact) mass is 497 g/mol. The van der Waals surface area contributed by atoms with E-state index in [-0.39, 0.29) is 23.1 Å². The molecule has 0 radical (unpaired) electrons. The molecule has 0 bridgehead atoms. The number of anilines is 2. The molecule has 1 spiro atoms. The van der Waals surface area contributed by atoms with E-state index in [1.807, 2.05) is 6.07 Å². The first kappa shape index (κ1) is 22.9. The summed E-state index contributed by atoms with van der Waals surface area (Å²) in [6.45, 7) is 4.72. The largest absolute Gasteiger partial charge is 0.376 e. The van der Waals surface area contributed by atoms with Crippen molar-refractivity contribution in [1.82, 2.24) is 14.5 Å². The molecule has 3 fully saturated rings. The number of hydrogen-bond acceptors (Lipinski definition) is 8.